The van der Waals surface area contributed by atoms with Gasteiger partial charge < -0.3 is 4.90 Å². The SMILES string of the molecule is CCc1nnsc1C(=O)N1CCCCC1. The topological polar surface area (TPSA) is 46.1 Å². The van der Waals surface area contributed by atoms with Crippen molar-refractivity contribution in [3.05, 3.63) is 10.6 Å². The van der Waals surface area contributed by atoms with E-state index in [1.165, 1.54) is 18.0 Å². The van der Waals surface area contributed by atoms with Crippen molar-refractivity contribution in [2.45, 2.75) is 32.6 Å². The molecule has 0 unspecified atom stereocenters. The van der Waals surface area contributed by atoms with Crippen molar-refractivity contribution in [1.82, 2.24) is 14.5 Å². The highest BCUT2D eigenvalue weighted by atomic mass is 32.1. The number of aromatic nitrogens is 2. The van der Waals surface area contributed by atoms with E-state index in [0.29, 0.717) is 0 Å². The maximum Gasteiger partial charge on any atom is 0.267 e. The highest BCUT2D eigenvalue weighted by Crippen LogP contribution is 2.17. The molecule has 1 aliphatic rings. The molecule has 4 nitrogen and oxygen atoms in total. The molecule has 0 aromatic carbocycles. The first kappa shape index (κ1) is 10.5. The minimum atomic E-state index is 0.126. The van der Waals surface area contributed by atoms with Gasteiger partial charge in [0.25, 0.3) is 5.91 Å². The maximum absolute atomic E-state index is 12.1. The molecule has 1 aliphatic heterocycles. The maximum atomic E-state index is 12.1. The second-order valence-corrected chi connectivity index (χ2v) is 4.51. The first-order chi connectivity index (χ1) is 7.33. The third-order valence-electron chi connectivity index (χ3n) is 2.73. The summed E-state index contributed by atoms with van der Waals surface area (Å²) < 4.78 is 3.85. The van der Waals surface area contributed by atoms with Gasteiger partial charge in [-0.2, -0.15) is 0 Å². The lowest BCUT2D eigenvalue weighted by atomic mass is 10.1. The number of amides is 1. The smallest absolute Gasteiger partial charge is 0.267 e. The third kappa shape index (κ3) is 2.17. The summed E-state index contributed by atoms with van der Waals surface area (Å²) in [6.45, 7) is 3.78. The monoisotopic (exact) mass is 225 g/mol. The van der Waals surface area contributed by atoms with Gasteiger partial charge in [0.1, 0.15) is 4.88 Å². The van der Waals surface area contributed by atoms with Crippen molar-refractivity contribution in [2.75, 3.05) is 13.1 Å². The number of hydrogen-bond donors (Lipinski definition) is 0. The van der Waals surface area contributed by atoms with Gasteiger partial charge in [0.05, 0.1) is 5.69 Å². The molecule has 2 rings (SSSR count). The zero-order valence-corrected chi connectivity index (χ0v) is 9.72. The van der Waals surface area contributed by atoms with E-state index >= 15 is 0 Å². The van der Waals surface area contributed by atoms with Crippen LogP contribution < -0.4 is 0 Å². The van der Waals surface area contributed by atoms with E-state index in [-0.39, 0.29) is 5.91 Å². The van der Waals surface area contributed by atoms with Crippen LogP contribution in [0.1, 0.15) is 41.6 Å². The molecule has 0 radical (unpaired) electrons. The fourth-order valence-electron chi connectivity index (χ4n) is 1.84. The van der Waals surface area contributed by atoms with Gasteiger partial charge in [0, 0.05) is 13.1 Å². The molecule has 1 aromatic rings. The molecule has 5 heteroatoms. The van der Waals surface area contributed by atoms with E-state index in [2.05, 4.69) is 9.59 Å². The van der Waals surface area contributed by atoms with Gasteiger partial charge in [-0.15, -0.1) is 5.10 Å². The molecule has 1 aromatic heterocycles. The first-order valence-corrected chi connectivity index (χ1v) is 6.20. The van der Waals surface area contributed by atoms with Crippen LogP contribution in [0.2, 0.25) is 0 Å². The van der Waals surface area contributed by atoms with Crippen LogP contribution >= 0.6 is 11.5 Å². The number of nitrogens with zero attached hydrogens (tertiary/aromatic N) is 3. The molecule has 0 bridgehead atoms. The molecule has 0 N–H and O–H groups in total. The van der Waals surface area contributed by atoms with Gasteiger partial charge in [-0.25, -0.2) is 0 Å². The molecule has 0 saturated carbocycles. The Morgan fingerprint density at radius 1 is 1.40 bits per heavy atom. The summed E-state index contributed by atoms with van der Waals surface area (Å²) >= 11 is 1.22. The minimum absolute atomic E-state index is 0.126. The number of carbonyl (C=O) groups excluding carboxylic acids is 1. The van der Waals surface area contributed by atoms with Gasteiger partial charge in [-0.1, -0.05) is 11.4 Å². The number of rotatable bonds is 2. The molecular formula is C10H15N3OS. The van der Waals surface area contributed by atoms with Crippen LogP contribution in [0.3, 0.4) is 0 Å². The van der Waals surface area contributed by atoms with E-state index in [1.807, 2.05) is 11.8 Å². The normalized spacial score (nSPS) is 16.7. The van der Waals surface area contributed by atoms with Crippen LogP contribution in [0.5, 0.6) is 0 Å². The van der Waals surface area contributed by atoms with Gasteiger partial charge in [-0.3, -0.25) is 4.79 Å². The standard InChI is InChI=1S/C10H15N3OS/c1-2-8-9(15-12-11-8)10(14)13-6-4-3-5-7-13/h2-7H2,1H3. The molecule has 1 saturated heterocycles. The van der Waals surface area contributed by atoms with E-state index in [0.717, 1.165) is 42.9 Å². The highest BCUT2D eigenvalue weighted by Gasteiger charge is 2.22. The summed E-state index contributed by atoms with van der Waals surface area (Å²) in [6.07, 6.45) is 4.27. The van der Waals surface area contributed by atoms with Crippen LogP contribution in [0.4, 0.5) is 0 Å². The number of piperidine rings is 1. The lowest BCUT2D eigenvalue weighted by molar-refractivity contribution is 0.0728. The predicted molar refractivity (Wildman–Crippen MR) is 59.0 cm³/mol. The van der Waals surface area contributed by atoms with Gasteiger partial charge in [0.2, 0.25) is 0 Å². The number of carbonyl (C=O) groups is 1. The highest BCUT2D eigenvalue weighted by molar-refractivity contribution is 7.07. The third-order valence-corrected chi connectivity index (χ3v) is 3.48. The summed E-state index contributed by atoms with van der Waals surface area (Å²) in [7, 11) is 0. The van der Waals surface area contributed by atoms with Crippen molar-refractivity contribution in [3.8, 4) is 0 Å². The summed E-state index contributed by atoms with van der Waals surface area (Å²) in [4.78, 5) is 14.8. The quantitative estimate of drug-likeness (QED) is 0.770. The lowest BCUT2D eigenvalue weighted by Crippen LogP contribution is -2.35. The Morgan fingerprint density at radius 3 is 2.80 bits per heavy atom. The Balaban J connectivity index is 2.12. The minimum Gasteiger partial charge on any atom is -0.338 e. The fourth-order valence-corrected chi connectivity index (χ4v) is 2.56. The van der Waals surface area contributed by atoms with E-state index in [9.17, 15) is 4.79 Å². The lowest BCUT2D eigenvalue weighted by Gasteiger charge is -2.26. The van der Waals surface area contributed by atoms with E-state index in [1.54, 1.807) is 0 Å². The Morgan fingerprint density at radius 2 is 2.13 bits per heavy atom. The van der Waals surface area contributed by atoms with Gasteiger partial charge in [0.15, 0.2) is 0 Å². The van der Waals surface area contributed by atoms with Gasteiger partial charge >= 0.3 is 0 Å². The van der Waals surface area contributed by atoms with Crippen LogP contribution in [-0.2, 0) is 6.42 Å². The van der Waals surface area contributed by atoms with Crippen LogP contribution in [0.25, 0.3) is 0 Å². The Labute approximate surface area is 93.5 Å². The van der Waals surface area contributed by atoms with Crippen molar-refractivity contribution in [3.63, 3.8) is 0 Å². The van der Waals surface area contributed by atoms with Crippen molar-refractivity contribution in [2.24, 2.45) is 0 Å². The molecule has 0 spiro atoms. The number of likely N-dealkylation sites (tertiary alicyclic amines) is 1. The molecule has 1 amide bonds. The number of hydrogen-bond acceptors (Lipinski definition) is 4. The zero-order chi connectivity index (χ0) is 10.7. The average Bonchev–Trinajstić information content (AvgIpc) is 2.77. The second kappa shape index (κ2) is 4.70. The van der Waals surface area contributed by atoms with E-state index in [4.69, 9.17) is 0 Å². The molecule has 0 aliphatic carbocycles. The Bertz CT molecular complexity index is 344. The summed E-state index contributed by atoms with van der Waals surface area (Å²) in [5.74, 6) is 0.126. The summed E-state index contributed by atoms with van der Waals surface area (Å²) in [5, 5.41) is 3.97. The van der Waals surface area contributed by atoms with Crippen molar-refractivity contribution >= 4 is 17.4 Å². The summed E-state index contributed by atoms with van der Waals surface area (Å²) in [6, 6.07) is 0. The van der Waals surface area contributed by atoms with E-state index < -0.39 is 0 Å². The van der Waals surface area contributed by atoms with Crippen LogP contribution in [0, 0.1) is 0 Å². The average molecular weight is 225 g/mol. The zero-order valence-electron chi connectivity index (χ0n) is 8.90. The number of aryl methyl sites for hydroxylation is 1. The molecule has 0 atom stereocenters. The Hall–Kier alpha value is -0.970. The van der Waals surface area contributed by atoms with Gasteiger partial charge in [-0.05, 0) is 37.2 Å². The largest absolute Gasteiger partial charge is 0.338 e. The van der Waals surface area contributed by atoms with Crippen molar-refractivity contribution < 1.29 is 4.79 Å². The molecule has 15 heavy (non-hydrogen) atoms. The second-order valence-electron chi connectivity index (χ2n) is 3.76. The molecule has 82 valence electrons. The molecule has 1 fully saturated rings. The summed E-state index contributed by atoms with van der Waals surface area (Å²) in [5.41, 5.74) is 0.843. The fraction of sp³-hybridized carbons (Fsp3) is 0.700. The van der Waals surface area contributed by atoms with Crippen LogP contribution in [0.15, 0.2) is 0 Å². The Kier molecular flexibility index (Phi) is 3.30. The first-order valence-electron chi connectivity index (χ1n) is 5.43. The molecular weight excluding hydrogens is 210 g/mol. The molecule has 2 heterocycles. The van der Waals surface area contributed by atoms with Crippen molar-refractivity contribution in [1.29, 1.82) is 0 Å². The predicted octanol–water partition coefficient (Wildman–Crippen LogP) is 1.73. The van der Waals surface area contributed by atoms with Crippen LogP contribution in [-0.4, -0.2) is 33.5 Å².